The maximum Gasteiger partial charge on any atom is 0.154 e. The van der Waals surface area contributed by atoms with E-state index in [1.807, 2.05) is 13.8 Å². The van der Waals surface area contributed by atoms with E-state index >= 15 is 0 Å². The van der Waals surface area contributed by atoms with Gasteiger partial charge in [-0.3, -0.25) is 4.98 Å². The SMILES string of the molecule is Cc1cnc(-c2ccc(CO)o2)c(C)n1. The summed E-state index contributed by atoms with van der Waals surface area (Å²) in [4.78, 5) is 8.56. The van der Waals surface area contributed by atoms with Gasteiger partial charge in [0.15, 0.2) is 5.76 Å². The molecule has 0 fully saturated rings. The second-order valence-electron chi connectivity index (χ2n) is 3.37. The van der Waals surface area contributed by atoms with Gasteiger partial charge in [-0.1, -0.05) is 0 Å². The lowest BCUT2D eigenvalue weighted by Gasteiger charge is -2.01. The van der Waals surface area contributed by atoms with Crippen molar-refractivity contribution in [2.24, 2.45) is 0 Å². The third-order valence-electron chi connectivity index (χ3n) is 2.12. The number of furan rings is 1. The highest BCUT2D eigenvalue weighted by atomic mass is 16.4. The highest BCUT2D eigenvalue weighted by Crippen LogP contribution is 2.22. The van der Waals surface area contributed by atoms with Gasteiger partial charge in [0.2, 0.25) is 0 Å². The third-order valence-corrected chi connectivity index (χ3v) is 2.12. The molecule has 0 radical (unpaired) electrons. The Morgan fingerprint density at radius 2 is 2.13 bits per heavy atom. The van der Waals surface area contributed by atoms with Gasteiger partial charge in [-0.25, -0.2) is 4.98 Å². The molecule has 0 aliphatic heterocycles. The van der Waals surface area contributed by atoms with Crippen LogP contribution < -0.4 is 0 Å². The van der Waals surface area contributed by atoms with Crippen LogP contribution in [0.15, 0.2) is 22.7 Å². The number of hydrogen-bond donors (Lipinski definition) is 1. The highest BCUT2D eigenvalue weighted by Gasteiger charge is 2.09. The molecule has 0 atom stereocenters. The van der Waals surface area contributed by atoms with Gasteiger partial charge in [0.05, 0.1) is 11.4 Å². The molecule has 78 valence electrons. The lowest BCUT2D eigenvalue weighted by molar-refractivity contribution is 0.248. The van der Waals surface area contributed by atoms with Crippen LogP contribution >= 0.6 is 0 Å². The molecule has 0 saturated carbocycles. The summed E-state index contributed by atoms with van der Waals surface area (Å²) in [7, 11) is 0. The van der Waals surface area contributed by atoms with Crippen molar-refractivity contribution >= 4 is 0 Å². The van der Waals surface area contributed by atoms with Crippen LogP contribution in [0.1, 0.15) is 17.1 Å². The van der Waals surface area contributed by atoms with Crippen molar-refractivity contribution in [2.75, 3.05) is 0 Å². The predicted octanol–water partition coefficient (Wildman–Crippen LogP) is 1.85. The maximum atomic E-state index is 8.88. The van der Waals surface area contributed by atoms with Crippen molar-refractivity contribution in [1.29, 1.82) is 0 Å². The monoisotopic (exact) mass is 204 g/mol. The first kappa shape index (κ1) is 9.86. The summed E-state index contributed by atoms with van der Waals surface area (Å²) in [6, 6.07) is 3.52. The summed E-state index contributed by atoms with van der Waals surface area (Å²) in [5.41, 5.74) is 2.43. The molecule has 15 heavy (non-hydrogen) atoms. The van der Waals surface area contributed by atoms with E-state index in [0.717, 1.165) is 17.1 Å². The molecule has 4 nitrogen and oxygen atoms in total. The van der Waals surface area contributed by atoms with E-state index in [4.69, 9.17) is 9.52 Å². The van der Waals surface area contributed by atoms with E-state index in [2.05, 4.69) is 9.97 Å². The van der Waals surface area contributed by atoms with Gasteiger partial charge in [-0.05, 0) is 26.0 Å². The zero-order chi connectivity index (χ0) is 10.8. The van der Waals surface area contributed by atoms with Crippen LogP contribution in [0.4, 0.5) is 0 Å². The van der Waals surface area contributed by atoms with Crippen molar-refractivity contribution in [3.05, 3.63) is 35.5 Å². The smallest absolute Gasteiger partial charge is 0.154 e. The van der Waals surface area contributed by atoms with Crippen molar-refractivity contribution in [2.45, 2.75) is 20.5 Å². The Morgan fingerprint density at radius 3 is 2.73 bits per heavy atom. The summed E-state index contributed by atoms with van der Waals surface area (Å²) in [6.45, 7) is 3.68. The summed E-state index contributed by atoms with van der Waals surface area (Å²) < 4.78 is 5.39. The quantitative estimate of drug-likeness (QED) is 0.810. The van der Waals surface area contributed by atoms with Gasteiger partial charge in [-0.2, -0.15) is 0 Å². The lowest BCUT2D eigenvalue weighted by atomic mass is 10.2. The second kappa shape index (κ2) is 3.82. The normalized spacial score (nSPS) is 10.6. The van der Waals surface area contributed by atoms with Gasteiger partial charge in [0.1, 0.15) is 18.1 Å². The molecule has 2 aromatic heterocycles. The molecule has 2 heterocycles. The first-order valence-electron chi connectivity index (χ1n) is 4.71. The molecule has 1 N–H and O–H groups in total. The fourth-order valence-corrected chi connectivity index (χ4v) is 1.43. The fourth-order valence-electron chi connectivity index (χ4n) is 1.43. The number of aliphatic hydroxyl groups is 1. The molecule has 0 amide bonds. The molecule has 0 bridgehead atoms. The largest absolute Gasteiger partial charge is 0.457 e. The molecular weight excluding hydrogens is 192 g/mol. The zero-order valence-corrected chi connectivity index (χ0v) is 8.69. The molecule has 0 aliphatic carbocycles. The van der Waals surface area contributed by atoms with E-state index in [9.17, 15) is 0 Å². The molecule has 2 rings (SSSR count). The third kappa shape index (κ3) is 1.89. The number of rotatable bonds is 2. The minimum absolute atomic E-state index is 0.0989. The van der Waals surface area contributed by atoms with Crippen LogP contribution in [0, 0.1) is 13.8 Å². The topological polar surface area (TPSA) is 59.2 Å². The van der Waals surface area contributed by atoms with Gasteiger partial charge in [0.25, 0.3) is 0 Å². The molecule has 4 heteroatoms. The zero-order valence-electron chi connectivity index (χ0n) is 8.69. The first-order valence-corrected chi connectivity index (χ1v) is 4.71. The van der Waals surface area contributed by atoms with Gasteiger partial charge in [-0.15, -0.1) is 0 Å². The molecule has 2 aromatic rings. The van der Waals surface area contributed by atoms with Gasteiger partial charge >= 0.3 is 0 Å². The van der Waals surface area contributed by atoms with E-state index in [1.165, 1.54) is 0 Å². The second-order valence-corrected chi connectivity index (χ2v) is 3.37. The maximum absolute atomic E-state index is 8.88. The van der Waals surface area contributed by atoms with Crippen molar-refractivity contribution in [1.82, 2.24) is 9.97 Å². The molecule has 0 spiro atoms. The Morgan fingerprint density at radius 1 is 1.33 bits per heavy atom. The summed E-state index contributed by atoms with van der Waals surface area (Å²) >= 11 is 0. The minimum Gasteiger partial charge on any atom is -0.457 e. The number of aromatic nitrogens is 2. The Bertz CT molecular complexity index is 477. The minimum atomic E-state index is -0.0989. The Hall–Kier alpha value is -1.68. The van der Waals surface area contributed by atoms with Crippen LogP contribution in [0.25, 0.3) is 11.5 Å². The lowest BCUT2D eigenvalue weighted by Crippen LogP contribution is -1.93. The average molecular weight is 204 g/mol. The summed E-state index contributed by atoms with van der Waals surface area (Å²) in [6.07, 6.45) is 1.70. The molecular formula is C11H12N2O2. The molecule has 0 unspecified atom stereocenters. The van der Waals surface area contributed by atoms with E-state index in [-0.39, 0.29) is 6.61 Å². The standard InChI is InChI=1S/C11H12N2O2/c1-7-5-12-11(8(2)13-7)10-4-3-9(6-14)15-10/h3-5,14H,6H2,1-2H3. The van der Waals surface area contributed by atoms with Crippen molar-refractivity contribution < 1.29 is 9.52 Å². The molecule has 0 aliphatic rings. The van der Waals surface area contributed by atoms with E-state index < -0.39 is 0 Å². The fraction of sp³-hybridized carbons (Fsp3) is 0.273. The van der Waals surface area contributed by atoms with E-state index in [0.29, 0.717) is 11.5 Å². The predicted molar refractivity (Wildman–Crippen MR) is 55.1 cm³/mol. The summed E-state index contributed by atoms with van der Waals surface area (Å²) in [5, 5.41) is 8.88. The molecule has 0 aromatic carbocycles. The van der Waals surface area contributed by atoms with Gasteiger partial charge in [0, 0.05) is 6.20 Å². The highest BCUT2D eigenvalue weighted by molar-refractivity contribution is 5.54. The van der Waals surface area contributed by atoms with Crippen LogP contribution in [0.2, 0.25) is 0 Å². The number of hydrogen-bond acceptors (Lipinski definition) is 4. The van der Waals surface area contributed by atoms with Crippen LogP contribution in [0.3, 0.4) is 0 Å². The summed E-state index contributed by atoms with van der Waals surface area (Å²) in [5.74, 6) is 1.18. The van der Waals surface area contributed by atoms with Crippen molar-refractivity contribution in [3.63, 3.8) is 0 Å². The van der Waals surface area contributed by atoms with E-state index in [1.54, 1.807) is 18.3 Å². The number of nitrogens with zero attached hydrogens (tertiary/aromatic N) is 2. The average Bonchev–Trinajstić information content (AvgIpc) is 2.66. The number of aliphatic hydroxyl groups excluding tert-OH is 1. The number of aryl methyl sites for hydroxylation is 2. The van der Waals surface area contributed by atoms with Gasteiger partial charge < -0.3 is 9.52 Å². The Kier molecular flexibility index (Phi) is 2.51. The van der Waals surface area contributed by atoms with Crippen LogP contribution in [-0.2, 0) is 6.61 Å². The van der Waals surface area contributed by atoms with Crippen LogP contribution in [0.5, 0.6) is 0 Å². The Balaban J connectivity index is 2.44. The Labute approximate surface area is 87.6 Å². The first-order chi connectivity index (χ1) is 7.20. The van der Waals surface area contributed by atoms with Crippen LogP contribution in [-0.4, -0.2) is 15.1 Å². The molecule has 0 saturated heterocycles. The van der Waals surface area contributed by atoms with Crippen molar-refractivity contribution in [3.8, 4) is 11.5 Å².